The molecular formula is C11H11BrFN5O. The van der Waals surface area contributed by atoms with Crippen molar-refractivity contribution in [3.8, 4) is 0 Å². The Morgan fingerprint density at radius 2 is 2.32 bits per heavy atom. The smallest absolute Gasteiger partial charge is 0.256 e. The minimum Gasteiger partial charge on any atom is -0.398 e. The molecule has 6 nitrogen and oxygen atoms in total. The molecule has 1 heterocycles. The number of nitrogens with zero attached hydrogens (tertiary/aromatic N) is 3. The maximum Gasteiger partial charge on any atom is 0.256 e. The van der Waals surface area contributed by atoms with Crippen LogP contribution in [0.1, 0.15) is 16.2 Å². The fraction of sp³-hybridized carbons (Fsp3) is 0.182. The van der Waals surface area contributed by atoms with E-state index in [-0.39, 0.29) is 17.8 Å². The van der Waals surface area contributed by atoms with Crippen molar-refractivity contribution in [2.24, 2.45) is 7.05 Å². The monoisotopic (exact) mass is 327 g/mol. The van der Waals surface area contributed by atoms with Crippen molar-refractivity contribution in [3.63, 3.8) is 0 Å². The van der Waals surface area contributed by atoms with E-state index in [2.05, 4.69) is 31.3 Å². The molecule has 0 spiro atoms. The van der Waals surface area contributed by atoms with Crippen LogP contribution in [0.15, 0.2) is 22.9 Å². The highest BCUT2D eigenvalue weighted by atomic mass is 79.9. The van der Waals surface area contributed by atoms with E-state index < -0.39 is 11.7 Å². The van der Waals surface area contributed by atoms with Crippen LogP contribution in [0.25, 0.3) is 0 Å². The van der Waals surface area contributed by atoms with E-state index in [0.717, 1.165) is 0 Å². The molecule has 3 N–H and O–H groups in total. The van der Waals surface area contributed by atoms with Crippen molar-refractivity contribution in [2.45, 2.75) is 6.54 Å². The third-order valence-electron chi connectivity index (χ3n) is 2.37. The molecular weight excluding hydrogens is 317 g/mol. The third kappa shape index (κ3) is 3.08. The van der Waals surface area contributed by atoms with Crippen molar-refractivity contribution in [3.05, 3.63) is 40.1 Å². The Kier molecular flexibility index (Phi) is 3.79. The molecule has 1 aromatic heterocycles. The van der Waals surface area contributed by atoms with Crippen LogP contribution in [0.2, 0.25) is 0 Å². The number of rotatable bonds is 3. The van der Waals surface area contributed by atoms with Gasteiger partial charge in [0.25, 0.3) is 5.91 Å². The minimum absolute atomic E-state index is 0.0679. The lowest BCUT2D eigenvalue weighted by Gasteiger charge is -2.07. The second-order valence-corrected chi connectivity index (χ2v) is 4.78. The number of benzene rings is 1. The molecule has 2 aromatic rings. The molecule has 2 rings (SSSR count). The second kappa shape index (κ2) is 5.35. The van der Waals surface area contributed by atoms with Crippen LogP contribution in [0.4, 0.5) is 10.1 Å². The number of aryl methyl sites for hydroxylation is 1. The molecule has 0 bridgehead atoms. The highest BCUT2D eigenvalue weighted by molar-refractivity contribution is 9.10. The number of carbonyl (C=O) groups is 1. The van der Waals surface area contributed by atoms with Gasteiger partial charge in [0.2, 0.25) is 0 Å². The van der Waals surface area contributed by atoms with Gasteiger partial charge >= 0.3 is 0 Å². The second-order valence-electron chi connectivity index (χ2n) is 3.87. The summed E-state index contributed by atoms with van der Waals surface area (Å²) in [7, 11) is 1.71. The fourth-order valence-electron chi connectivity index (χ4n) is 1.55. The Morgan fingerprint density at radius 1 is 1.58 bits per heavy atom. The van der Waals surface area contributed by atoms with Gasteiger partial charge in [-0.15, -0.1) is 0 Å². The molecule has 100 valence electrons. The number of hydrogen-bond acceptors (Lipinski definition) is 4. The molecule has 0 aliphatic heterocycles. The zero-order valence-electron chi connectivity index (χ0n) is 10.0. The maximum absolute atomic E-state index is 13.7. The van der Waals surface area contributed by atoms with Gasteiger partial charge in [-0.1, -0.05) is 15.9 Å². The summed E-state index contributed by atoms with van der Waals surface area (Å²) in [6.45, 7) is 0.106. The van der Waals surface area contributed by atoms with E-state index in [4.69, 9.17) is 5.73 Å². The molecule has 8 heteroatoms. The molecule has 0 saturated carbocycles. The first kappa shape index (κ1) is 13.5. The van der Waals surface area contributed by atoms with Crippen LogP contribution in [0.5, 0.6) is 0 Å². The van der Waals surface area contributed by atoms with E-state index in [0.29, 0.717) is 10.3 Å². The summed E-state index contributed by atoms with van der Waals surface area (Å²) in [5.41, 5.74) is 5.52. The number of hydrogen-bond donors (Lipinski definition) is 2. The summed E-state index contributed by atoms with van der Waals surface area (Å²) in [4.78, 5) is 15.8. The SMILES string of the molecule is Cn1cnc(CNC(=O)c2c(N)cc(Br)cc2F)n1. The normalized spacial score (nSPS) is 10.5. The summed E-state index contributed by atoms with van der Waals surface area (Å²) < 4.78 is 15.7. The van der Waals surface area contributed by atoms with Gasteiger partial charge in [-0.2, -0.15) is 5.10 Å². The minimum atomic E-state index is -0.682. The van der Waals surface area contributed by atoms with Crippen molar-refractivity contribution in [2.75, 3.05) is 5.73 Å². The lowest BCUT2D eigenvalue weighted by atomic mass is 10.1. The average molecular weight is 328 g/mol. The highest BCUT2D eigenvalue weighted by Crippen LogP contribution is 2.22. The fourth-order valence-corrected chi connectivity index (χ4v) is 1.99. The molecule has 0 aliphatic rings. The standard InChI is InChI=1S/C11H11BrFN5O/c1-18-5-16-9(17-18)4-15-11(19)10-7(13)2-6(12)3-8(10)14/h2-3,5H,4,14H2,1H3,(H,15,19). The number of aromatic nitrogens is 3. The molecule has 0 saturated heterocycles. The summed E-state index contributed by atoms with van der Waals surface area (Å²) in [6.07, 6.45) is 1.51. The molecule has 0 fully saturated rings. The summed E-state index contributed by atoms with van der Waals surface area (Å²) in [6, 6.07) is 2.65. The van der Waals surface area contributed by atoms with Gasteiger partial charge < -0.3 is 11.1 Å². The Morgan fingerprint density at radius 3 is 2.89 bits per heavy atom. The topological polar surface area (TPSA) is 85.8 Å². The zero-order chi connectivity index (χ0) is 14.0. The zero-order valence-corrected chi connectivity index (χ0v) is 11.6. The summed E-state index contributed by atoms with van der Waals surface area (Å²) in [5.74, 6) is -0.847. The predicted octanol–water partition coefficient (Wildman–Crippen LogP) is 1.23. The molecule has 1 amide bonds. The Bertz CT molecular complexity index is 604. The van der Waals surface area contributed by atoms with E-state index in [9.17, 15) is 9.18 Å². The van der Waals surface area contributed by atoms with Crippen LogP contribution < -0.4 is 11.1 Å². The highest BCUT2D eigenvalue weighted by Gasteiger charge is 2.16. The number of carbonyl (C=O) groups excluding carboxylic acids is 1. The molecule has 1 aromatic carbocycles. The predicted molar refractivity (Wildman–Crippen MR) is 70.7 cm³/mol. The third-order valence-corrected chi connectivity index (χ3v) is 2.82. The largest absolute Gasteiger partial charge is 0.398 e. The average Bonchev–Trinajstić information content (AvgIpc) is 2.71. The number of nitrogens with two attached hydrogens (primary N) is 1. The van der Waals surface area contributed by atoms with Gasteiger partial charge in [-0.3, -0.25) is 9.48 Å². The van der Waals surface area contributed by atoms with Crippen LogP contribution in [0, 0.1) is 5.82 Å². The van der Waals surface area contributed by atoms with Gasteiger partial charge in [0.15, 0.2) is 5.82 Å². The van der Waals surface area contributed by atoms with Crippen LogP contribution in [-0.4, -0.2) is 20.7 Å². The first-order valence-electron chi connectivity index (χ1n) is 5.34. The molecule has 0 unspecified atom stereocenters. The molecule has 19 heavy (non-hydrogen) atoms. The molecule has 0 aliphatic carbocycles. The van der Waals surface area contributed by atoms with Gasteiger partial charge in [-0.05, 0) is 12.1 Å². The summed E-state index contributed by atoms with van der Waals surface area (Å²) in [5, 5.41) is 6.51. The van der Waals surface area contributed by atoms with E-state index in [1.807, 2.05) is 0 Å². The number of nitrogens with one attached hydrogen (secondary N) is 1. The van der Waals surface area contributed by atoms with Crippen LogP contribution in [-0.2, 0) is 13.6 Å². The first-order chi connectivity index (χ1) is 8.97. The maximum atomic E-state index is 13.7. The Labute approximate surface area is 116 Å². The van der Waals surface area contributed by atoms with Crippen molar-refractivity contribution in [1.82, 2.24) is 20.1 Å². The first-order valence-corrected chi connectivity index (χ1v) is 6.14. The van der Waals surface area contributed by atoms with E-state index >= 15 is 0 Å². The van der Waals surface area contributed by atoms with E-state index in [1.54, 1.807) is 7.05 Å². The van der Waals surface area contributed by atoms with E-state index in [1.165, 1.54) is 23.1 Å². The number of amides is 1. The van der Waals surface area contributed by atoms with Gasteiger partial charge in [0.1, 0.15) is 12.1 Å². The molecule has 0 radical (unpaired) electrons. The van der Waals surface area contributed by atoms with Crippen LogP contribution in [0.3, 0.4) is 0 Å². The van der Waals surface area contributed by atoms with Crippen molar-refractivity contribution in [1.29, 1.82) is 0 Å². The molecule has 0 atom stereocenters. The van der Waals surface area contributed by atoms with Crippen LogP contribution >= 0.6 is 15.9 Å². The van der Waals surface area contributed by atoms with Crippen molar-refractivity contribution < 1.29 is 9.18 Å². The Balaban J connectivity index is 2.12. The van der Waals surface area contributed by atoms with Crippen molar-refractivity contribution >= 4 is 27.5 Å². The number of anilines is 1. The lowest BCUT2D eigenvalue weighted by Crippen LogP contribution is -2.25. The van der Waals surface area contributed by atoms with Gasteiger partial charge in [-0.25, -0.2) is 9.37 Å². The number of nitrogen functional groups attached to an aromatic ring is 1. The quantitative estimate of drug-likeness (QED) is 0.830. The van der Waals surface area contributed by atoms with Gasteiger partial charge in [0, 0.05) is 17.2 Å². The lowest BCUT2D eigenvalue weighted by molar-refractivity contribution is 0.0947. The Hall–Kier alpha value is -1.96. The summed E-state index contributed by atoms with van der Waals surface area (Å²) >= 11 is 3.10. The van der Waals surface area contributed by atoms with Gasteiger partial charge in [0.05, 0.1) is 12.1 Å². The number of halogens is 2.